The second-order valence-corrected chi connectivity index (χ2v) is 4.85. The standard InChI is InChI=1S/C15H18N2O3/c1-10-4-5-12(6-11(10)2)7-14-16-15(20-17-14)8-13(18)9-19-3/h4-6H,7-9H2,1-3H3. The number of benzene rings is 1. The van der Waals surface area contributed by atoms with Gasteiger partial charge in [0.1, 0.15) is 6.61 Å². The molecule has 0 aliphatic carbocycles. The van der Waals surface area contributed by atoms with E-state index < -0.39 is 0 Å². The zero-order chi connectivity index (χ0) is 14.5. The van der Waals surface area contributed by atoms with Gasteiger partial charge in [-0.2, -0.15) is 4.98 Å². The molecule has 2 aromatic rings. The Morgan fingerprint density at radius 1 is 1.30 bits per heavy atom. The summed E-state index contributed by atoms with van der Waals surface area (Å²) in [6.07, 6.45) is 0.719. The topological polar surface area (TPSA) is 65.2 Å². The SMILES string of the molecule is COCC(=O)Cc1nc(Cc2ccc(C)c(C)c2)no1. The van der Waals surface area contributed by atoms with Crippen molar-refractivity contribution in [3.05, 3.63) is 46.6 Å². The van der Waals surface area contributed by atoms with E-state index in [1.54, 1.807) is 0 Å². The summed E-state index contributed by atoms with van der Waals surface area (Å²) in [5.41, 5.74) is 3.62. The minimum absolute atomic E-state index is 0.0644. The van der Waals surface area contributed by atoms with Crippen LogP contribution in [0.1, 0.15) is 28.4 Å². The third kappa shape index (κ3) is 3.74. The lowest BCUT2D eigenvalue weighted by molar-refractivity contribution is -0.122. The second-order valence-electron chi connectivity index (χ2n) is 4.85. The van der Waals surface area contributed by atoms with Crippen molar-refractivity contribution in [1.29, 1.82) is 0 Å². The molecule has 0 saturated carbocycles. The van der Waals surface area contributed by atoms with Crippen molar-refractivity contribution in [2.75, 3.05) is 13.7 Å². The monoisotopic (exact) mass is 274 g/mol. The number of aryl methyl sites for hydroxylation is 2. The van der Waals surface area contributed by atoms with Gasteiger partial charge in [-0.25, -0.2) is 0 Å². The molecule has 0 amide bonds. The molecule has 0 unspecified atom stereocenters. The third-order valence-corrected chi connectivity index (χ3v) is 3.10. The van der Waals surface area contributed by atoms with Crippen molar-refractivity contribution in [2.24, 2.45) is 0 Å². The fourth-order valence-corrected chi connectivity index (χ4v) is 1.91. The van der Waals surface area contributed by atoms with Crippen molar-refractivity contribution in [3.63, 3.8) is 0 Å². The van der Waals surface area contributed by atoms with Gasteiger partial charge in [0, 0.05) is 13.5 Å². The molecule has 0 atom stereocenters. The Balaban J connectivity index is 2.02. The molecule has 0 saturated heterocycles. The van der Waals surface area contributed by atoms with Gasteiger partial charge >= 0.3 is 0 Å². The summed E-state index contributed by atoms with van der Waals surface area (Å²) >= 11 is 0. The molecule has 5 nitrogen and oxygen atoms in total. The van der Waals surface area contributed by atoms with Crippen LogP contribution in [0.3, 0.4) is 0 Å². The molecule has 1 aromatic heterocycles. The van der Waals surface area contributed by atoms with E-state index in [-0.39, 0.29) is 18.8 Å². The first-order valence-electron chi connectivity index (χ1n) is 6.46. The molecule has 0 aliphatic rings. The molecule has 0 bridgehead atoms. The zero-order valence-corrected chi connectivity index (χ0v) is 12.0. The van der Waals surface area contributed by atoms with E-state index in [1.807, 2.05) is 0 Å². The summed E-state index contributed by atoms with van der Waals surface area (Å²) in [6, 6.07) is 6.24. The molecule has 1 aromatic carbocycles. The predicted octanol–water partition coefficient (Wildman–Crippen LogP) is 2.04. The number of nitrogens with zero attached hydrogens (tertiary/aromatic N) is 2. The summed E-state index contributed by atoms with van der Waals surface area (Å²) in [5.74, 6) is 0.855. The number of aromatic nitrogens is 2. The van der Waals surface area contributed by atoms with E-state index >= 15 is 0 Å². The highest BCUT2D eigenvalue weighted by atomic mass is 16.5. The molecule has 0 spiro atoms. The quantitative estimate of drug-likeness (QED) is 0.806. The number of carbonyl (C=O) groups excluding carboxylic acids is 1. The smallest absolute Gasteiger partial charge is 0.234 e. The molecule has 0 radical (unpaired) electrons. The summed E-state index contributed by atoms with van der Waals surface area (Å²) in [7, 11) is 1.48. The van der Waals surface area contributed by atoms with Gasteiger partial charge in [-0.3, -0.25) is 4.79 Å². The molecular formula is C15H18N2O3. The van der Waals surface area contributed by atoms with Crippen LogP contribution in [0, 0.1) is 13.8 Å². The minimum atomic E-state index is -0.0751. The first-order chi connectivity index (χ1) is 9.58. The van der Waals surface area contributed by atoms with Crippen LogP contribution >= 0.6 is 0 Å². The Hall–Kier alpha value is -2.01. The molecule has 0 aliphatic heterocycles. The first kappa shape index (κ1) is 14.4. The first-order valence-corrected chi connectivity index (χ1v) is 6.46. The largest absolute Gasteiger partial charge is 0.377 e. The number of hydrogen-bond acceptors (Lipinski definition) is 5. The maximum atomic E-state index is 11.4. The van der Waals surface area contributed by atoms with E-state index in [4.69, 9.17) is 9.26 Å². The average Bonchev–Trinajstić information content (AvgIpc) is 2.81. The Bertz CT molecular complexity index is 605. The number of ketones is 1. The average molecular weight is 274 g/mol. The fraction of sp³-hybridized carbons (Fsp3) is 0.400. The maximum absolute atomic E-state index is 11.4. The van der Waals surface area contributed by atoms with Crippen LogP contribution in [-0.4, -0.2) is 29.6 Å². The Morgan fingerprint density at radius 3 is 2.80 bits per heavy atom. The number of ether oxygens (including phenoxy) is 1. The van der Waals surface area contributed by atoms with Crippen molar-refractivity contribution in [2.45, 2.75) is 26.7 Å². The molecule has 0 N–H and O–H groups in total. The molecule has 5 heteroatoms. The molecule has 1 heterocycles. The summed E-state index contributed by atoms with van der Waals surface area (Å²) in [5, 5.41) is 3.90. The van der Waals surface area contributed by atoms with Crippen LogP contribution in [0.25, 0.3) is 0 Å². The van der Waals surface area contributed by atoms with Gasteiger partial charge in [-0.15, -0.1) is 0 Å². The summed E-state index contributed by atoms with van der Waals surface area (Å²) < 4.78 is 9.83. The van der Waals surface area contributed by atoms with Crippen molar-refractivity contribution >= 4 is 5.78 Å². The number of rotatable bonds is 6. The highest BCUT2D eigenvalue weighted by Crippen LogP contribution is 2.13. The molecule has 0 fully saturated rings. The van der Waals surface area contributed by atoms with Gasteiger partial charge in [0.2, 0.25) is 5.89 Å². The number of hydrogen-bond donors (Lipinski definition) is 0. The third-order valence-electron chi connectivity index (χ3n) is 3.10. The van der Waals surface area contributed by atoms with Crippen LogP contribution in [0.4, 0.5) is 0 Å². The van der Waals surface area contributed by atoms with Gasteiger partial charge in [-0.1, -0.05) is 23.4 Å². The number of carbonyl (C=O) groups is 1. The van der Waals surface area contributed by atoms with Gasteiger partial charge < -0.3 is 9.26 Å². The minimum Gasteiger partial charge on any atom is -0.377 e. The number of methoxy groups -OCH3 is 1. The van der Waals surface area contributed by atoms with Gasteiger partial charge in [0.25, 0.3) is 0 Å². The van der Waals surface area contributed by atoms with Crippen molar-refractivity contribution < 1.29 is 14.1 Å². The van der Waals surface area contributed by atoms with Crippen molar-refractivity contribution in [1.82, 2.24) is 10.1 Å². The van der Waals surface area contributed by atoms with E-state index in [1.165, 1.54) is 18.2 Å². The Labute approximate surface area is 118 Å². The number of Topliss-reactive ketones (excluding diaryl/α,β-unsaturated/α-hetero) is 1. The van der Waals surface area contributed by atoms with Crippen molar-refractivity contribution in [3.8, 4) is 0 Å². The molecular weight excluding hydrogens is 256 g/mol. The van der Waals surface area contributed by atoms with E-state index in [9.17, 15) is 4.79 Å². The lowest BCUT2D eigenvalue weighted by Crippen LogP contribution is -2.09. The van der Waals surface area contributed by atoms with Crippen LogP contribution in [0.5, 0.6) is 0 Å². The second kappa shape index (κ2) is 6.43. The van der Waals surface area contributed by atoms with Crippen LogP contribution in [0.15, 0.2) is 22.7 Å². The van der Waals surface area contributed by atoms with E-state index in [0.717, 1.165) is 5.56 Å². The van der Waals surface area contributed by atoms with Gasteiger partial charge in [0.15, 0.2) is 11.6 Å². The highest BCUT2D eigenvalue weighted by Gasteiger charge is 2.11. The Morgan fingerprint density at radius 2 is 2.10 bits per heavy atom. The van der Waals surface area contributed by atoms with E-state index in [2.05, 4.69) is 42.2 Å². The fourth-order valence-electron chi connectivity index (χ4n) is 1.91. The zero-order valence-electron chi connectivity index (χ0n) is 12.0. The van der Waals surface area contributed by atoms with Crippen LogP contribution < -0.4 is 0 Å². The highest BCUT2D eigenvalue weighted by molar-refractivity contribution is 5.81. The van der Waals surface area contributed by atoms with Gasteiger partial charge in [-0.05, 0) is 30.5 Å². The molecule has 2 rings (SSSR count). The van der Waals surface area contributed by atoms with Crippen LogP contribution in [-0.2, 0) is 22.4 Å². The summed E-state index contributed by atoms with van der Waals surface area (Å²) in [6.45, 7) is 4.21. The van der Waals surface area contributed by atoms with Gasteiger partial charge in [0.05, 0.1) is 6.42 Å². The lowest BCUT2D eigenvalue weighted by atomic mass is 10.0. The lowest BCUT2D eigenvalue weighted by Gasteiger charge is -2.02. The normalized spacial score (nSPS) is 10.8. The molecule has 20 heavy (non-hydrogen) atoms. The van der Waals surface area contributed by atoms with Crippen LogP contribution in [0.2, 0.25) is 0 Å². The predicted molar refractivity (Wildman–Crippen MR) is 73.6 cm³/mol. The Kier molecular flexibility index (Phi) is 4.63. The summed E-state index contributed by atoms with van der Waals surface area (Å²) in [4.78, 5) is 15.6. The maximum Gasteiger partial charge on any atom is 0.234 e. The van der Waals surface area contributed by atoms with E-state index in [0.29, 0.717) is 18.1 Å². The molecule has 106 valence electrons.